The van der Waals surface area contributed by atoms with E-state index in [0.29, 0.717) is 15.7 Å². The molecule has 3 N–H and O–H groups in total. The molecule has 136 valence electrons. The van der Waals surface area contributed by atoms with Gasteiger partial charge in [0.15, 0.2) is 5.13 Å². The lowest BCUT2D eigenvalue weighted by atomic mass is 10.2. The van der Waals surface area contributed by atoms with Crippen LogP contribution in [-0.2, 0) is 0 Å². The first kappa shape index (κ1) is 17.4. The molecular weight excluding hydrogens is 380 g/mol. The summed E-state index contributed by atoms with van der Waals surface area (Å²) in [4.78, 5) is 22.8. The lowest BCUT2D eigenvalue weighted by Crippen LogP contribution is -2.11. The maximum Gasteiger partial charge on any atom is 0.269 e. The number of carbonyl (C=O) groups is 1. The Hall–Kier alpha value is -2.97. The highest BCUT2D eigenvalue weighted by atomic mass is 32.1. The highest BCUT2D eigenvalue weighted by molar-refractivity contribution is 7.21. The van der Waals surface area contributed by atoms with Crippen molar-refractivity contribution in [2.75, 3.05) is 18.2 Å². The summed E-state index contributed by atoms with van der Waals surface area (Å²) >= 11 is 2.65. The number of aryl methyl sites for hydroxylation is 1. The van der Waals surface area contributed by atoms with Gasteiger partial charge >= 0.3 is 0 Å². The van der Waals surface area contributed by atoms with Gasteiger partial charge in [-0.3, -0.25) is 10.1 Å². The van der Waals surface area contributed by atoms with Gasteiger partial charge in [0.1, 0.15) is 15.5 Å². The van der Waals surface area contributed by atoms with Crippen LogP contribution in [0.3, 0.4) is 0 Å². The summed E-state index contributed by atoms with van der Waals surface area (Å²) < 4.78 is 5.16. The molecule has 0 radical (unpaired) electrons. The fraction of sp³-hybridized carbons (Fsp3) is 0.105. The Morgan fingerprint density at radius 1 is 1.15 bits per heavy atom. The van der Waals surface area contributed by atoms with Crippen molar-refractivity contribution in [1.82, 2.24) is 9.97 Å². The number of anilines is 2. The number of pyridine rings is 1. The van der Waals surface area contributed by atoms with E-state index in [-0.39, 0.29) is 5.91 Å². The number of amides is 1. The van der Waals surface area contributed by atoms with Crippen molar-refractivity contribution in [2.45, 2.75) is 6.92 Å². The number of methoxy groups -OCH3 is 1. The maximum atomic E-state index is 12.7. The number of hydrogen-bond acceptors (Lipinski definition) is 7. The molecule has 0 unspecified atom stereocenters. The quantitative estimate of drug-likeness (QED) is 0.527. The Kier molecular flexibility index (Phi) is 4.51. The maximum absolute atomic E-state index is 12.7. The van der Waals surface area contributed by atoms with E-state index in [4.69, 9.17) is 10.5 Å². The topological polar surface area (TPSA) is 90.1 Å². The number of nitrogens with zero attached hydrogens (tertiary/aromatic N) is 2. The molecule has 4 rings (SSSR count). The lowest BCUT2D eigenvalue weighted by Gasteiger charge is -2.01. The summed E-state index contributed by atoms with van der Waals surface area (Å²) in [6, 6.07) is 11.4. The van der Waals surface area contributed by atoms with Crippen molar-refractivity contribution in [3.8, 4) is 17.0 Å². The average molecular weight is 396 g/mol. The van der Waals surface area contributed by atoms with Crippen molar-refractivity contribution < 1.29 is 9.53 Å². The number of carbonyl (C=O) groups excluding carboxylic acids is 1. The molecule has 3 aromatic heterocycles. The first-order chi connectivity index (χ1) is 13.0. The third-order valence-electron chi connectivity index (χ3n) is 4.05. The lowest BCUT2D eigenvalue weighted by molar-refractivity contribution is 0.103. The van der Waals surface area contributed by atoms with Crippen molar-refractivity contribution in [1.29, 1.82) is 0 Å². The molecule has 0 spiro atoms. The summed E-state index contributed by atoms with van der Waals surface area (Å²) in [5.41, 5.74) is 9.23. The Morgan fingerprint density at radius 2 is 1.93 bits per heavy atom. The van der Waals surface area contributed by atoms with Gasteiger partial charge in [-0.15, -0.1) is 22.7 Å². The number of nitrogens with two attached hydrogens (primary N) is 1. The molecule has 0 aliphatic rings. The number of hydrogen-bond donors (Lipinski definition) is 2. The standard InChI is InChI=1S/C19H16N4O2S2/c1-10-3-8-13-15(20)16(27-18(13)21-10)17(24)23-19-22-14(9-26-19)11-4-6-12(25-2)7-5-11/h3-9H,20H2,1-2H3,(H,22,23,24). The number of thiazole rings is 1. The van der Waals surface area contributed by atoms with E-state index in [1.54, 1.807) is 7.11 Å². The first-order valence-corrected chi connectivity index (χ1v) is 9.81. The van der Waals surface area contributed by atoms with Crippen molar-refractivity contribution in [2.24, 2.45) is 0 Å². The highest BCUT2D eigenvalue weighted by Crippen LogP contribution is 2.33. The fourth-order valence-corrected chi connectivity index (χ4v) is 4.39. The number of nitrogens with one attached hydrogen (secondary N) is 1. The van der Waals surface area contributed by atoms with Gasteiger partial charge in [0, 0.05) is 22.0 Å². The minimum atomic E-state index is -0.274. The van der Waals surface area contributed by atoms with Crippen LogP contribution in [-0.4, -0.2) is 23.0 Å². The molecule has 27 heavy (non-hydrogen) atoms. The summed E-state index contributed by atoms with van der Waals surface area (Å²) in [5, 5.41) is 6.05. The molecule has 0 bridgehead atoms. The summed E-state index contributed by atoms with van der Waals surface area (Å²) in [5.74, 6) is 0.510. The number of benzene rings is 1. The van der Waals surface area contributed by atoms with Gasteiger partial charge in [-0.2, -0.15) is 0 Å². The highest BCUT2D eigenvalue weighted by Gasteiger charge is 2.18. The second kappa shape index (κ2) is 6.98. The SMILES string of the molecule is COc1ccc(-c2csc(NC(=O)c3sc4nc(C)ccc4c3N)n2)cc1. The number of fused-ring (bicyclic) bond motifs is 1. The zero-order chi connectivity index (χ0) is 19.0. The van der Waals surface area contributed by atoms with Gasteiger partial charge in [0.25, 0.3) is 5.91 Å². The Balaban J connectivity index is 1.56. The van der Waals surface area contributed by atoms with Gasteiger partial charge in [0.2, 0.25) is 0 Å². The molecule has 1 aromatic carbocycles. The molecule has 0 aliphatic carbocycles. The van der Waals surface area contributed by atoms with Crippen LogP contribution in [0.1, 0.15) is 15.4 Å². The van der Waals surface area contributed by atoms with Crippen LogP contribution in [0.4, 0.5) is 10.8 Å². The van der Waals surface area contributed by atoms with E-state index in [1.807, 2.05) is 48.7 Å². The Bertz CT molecular complexity index is 1130. The minimum absolute atomic E-state index is 0.274. The van der Waals surface area contributed by atoms with Crippen LogP contribution in [0.2, 0.25) is 0 Å². The van der Waals surface area contributed by atoms with Gasteiger partial charge in [0.05, 0.1) is 18.5 Å². The summed E-state index contributed by atoms with van der Waals surface area (Å²) in [6.45, 7) is 1.91. The second-order valence-electron chi connectivity index (χ2n) is 5.87. The number of thiophene rings is 1. The van der Waals surface area contributed by atoms with Crippen LogP contribution < -0.4 is 15.8 Å². The van der Waals surface area contributed by atoms with Gasteiger partial charge in [-0.25, -0.2) is 9.97 Å². The molecule has 0 aliphatic heterocycles. The smallest absolute Gasteiger partial charge is 0.269 e. The van der Waals surface area contributed by atoms with Crippen LogP contribution in [0.15, 0.2) is 41.8 Å². The number of aromatic nitrogens is 2. The fourth-order valence-electron chi connectivity index (χ4n) is 2.64. The molecular formula is C19H16N4O2S2. The third-order valence-corrected chi connectivity index (χ3v) is 5.92. The summed E-state index contributed by atoms with van der Waals surface area (Å²) in [7, 11) is 1.63. The predicted molar refractivity (Wildman–Crippen MR) is 111 cm³/mol. The van der Waals surface area contributed by atoms with E-state index in [0.717, 1.165) is 32.9 Å². The van der Waals surface area contributed by atoms with Gasteiger partial charge < -0.3 is 10.5 Å². The molecule has 1 amide bonds. The van der Waals surface area contributed by atoms with Crippen LogP contribution in [0.5, 0.6) is 5.75 Å². The van der Waals surface area contributed by atoms with E-state index in [1.165, 1.54) is 22.7 Å². The van der Waals surface area contributed by atoms with Crippen LogP contribution >= 0.6 is 22.7 Å². The molecule has 0 saturated heterocycles. The number of ether oxygens (including phenoxy) is 1. The third kappa shape index (κ3) is 3.36. The molecule has 0 atom stereocenters. The van der Waals surface area contributed by atoms with Crippen molar-refractivity contribution in [3.05, 3.63) is 52.3 Å². The Labute approximate surface area is 163 Å². The first-order valence-electron chi connectivity index (χ1n) is 8.12. The average Bonchev–Trinajstić information content (AvgIpc) is 3.26. The Morgan fingerprint density at radius 3 is 2.67 bits per heavy atom. The molecule has 6 nitrogen and oxygen atoms in total. The van der Waals surface area contributed by atoms with Crippen molar-refractivity contribution >= 4 is 49.6 Å². The number of nitrogen functional groups attached to an aromatic ring is 1. The predicted octanol–water partition coefficient (Wildman–Crippen LogP) is 4.57. The van der Waals surface area contributed by atoms with Gasteiger partial charge in [-0.05, 0) is 43.3 Å². The zero-order valence-corrected chi connectivity index (χ0v) is 16.3. The van der Waals surface area contributed by atoms with Crippen molar-refractivity contribution in [3.63, 3.8) is 0 Å². The molecule has 0 saturated carbocycles. The van der Waals surface area contributed by atoms with E-state index in [9.17, 15) is 4.79 Å². The molecule has 4 aromatic rings. The van der Waals surface area contributed by atoms with E-state index >= 15 is 0 Å². The monoisotopic (exact) mass is 396 g/mol. The zero-order valence-electron chi connectivity index (χ0n) is 14.6. The molecule has 8 heteroatoms. The number of rotatable bonds is 4. The van der Waals surface area contributed by atoms with E-state index < -0.39 is 0 Å². The van der Waals surface area contributed by atoms with Crippen LogP contribution in [0.25, 0.3) is 21.5 Å². The largest absolute Gasteiger partial charge is 0.497 e. The molecule has 0 fully saturated rings. The second-order valence-corrected chi connectivity index (χ2v) is 7.73. The van der Waals surface area contributed by atoms with E-state index in [2.05, 4.69) is 15.3 Å². The molecule has 3 heterocycles. The normalized spacial score (nSPS) is 10.9. The van der Waals surface area contributed by atoms with Gasteiger partial charge in [-0.1, -0.05) is 0 Å². The van der Waals surface area contributed by atoms with Crippen LogP contribution in [0, 0.1) is 6.92 Å². The minimum Gasteiger partial charge on any atom is -0.497 e. The summed E-state index contributed by atoms with van der Waals surface area (Å²) in [6.07, 6.45) is 0.